The highest BCUT2D eigenvalue weighted by atomic mass is 19.1. The molecular formula is C17H27FN2O. The fourth-order valence-electron chi connectivity index (χ4n) is 3.26. The van der Waals surface area contributed by atoms with Gasteiger partial charge in [0.15, 0.2) is 0 Å². The molecule has 2 rings (SSSR count). The summed E-state index contributed by atoms with van der Waals surface area (Å²) in [6.07, 6.45) is 0.913. The van der Waals surface area contributed by atoms with E-state index >= 15 is 0 Å². The highest BCUT2D eigenvalue weighted by Crippen LogP contribution is 2.29. The van der Waals surface area contributed by atoms with Gasteiger partial charge in [-0.15, -0.1) is 0 Å². The van der Waals surface area contributed by atoms with Crippen molar-refractivity contribution < 1.29 is 9.13 Å². The van der Waals surface area contributed by atoms with E-state index in [0.717, 1.165) is 25.1 Å². The van der Waals surface area contributed by atoms with Crippen LogP contribution in [0.1, 0.15) is 33.3 Å². The molecule has 2 unspecified atom stereocenters. The quantitative estimate of drug-likeness (QED) is 0.927. The lowest BCUT2D eigenvalue weighted by atomic mass is 9.88. The summed E-state index contributed by atoms with van der Waals surface area (Å²) in [7, 11) is 0. The van der Waals surface area contributed by atoms with Gasteiger partial charge in [-0.3, -0.25) is 4.90 Å². The standard InChI is InChI=1S/C17H27FN2O/c1-13-10-20(12-16(2,3)21-13)17(4,11-19)9-14-6-5-7-15(18)8-14/h5-8,13H,9-12,19H2,1-4H3. The van der Waals surface area contributed by atoms with Crippen molar-refractivity contribution in [2.75, 3.05) is 19.6 Å². The van der Waals surface area contributed by atoms with Crippen LogP contribution in [0, 0.1) is 5.82 Å². The molecule has 0 aliphatic carbocycles. The first kappa shape index (κ1) is 16.4. The van der Waals surface area contributed by atoms with E-state index in [1.54, 1.807) is 12.1 Å². The number of hydrogen-bond acceptors (Lipinski definition) is 3. The Labute approximate surface area is 127 Å². The van der Waals surface area contributed by atoms with E-state index in [4.69, 9.17) is 10.5 Å². The average Bonchev–Trinajstić information content (AvgIpc) is 2.36. The summed E-state index contributed by atoms with van der Waals surface area (Å²) in [5.41, 5.74) is 6.69. The van der Waals surface area contributed by atoms with Gasteiger partial charge in [0.1, 0.15) is 5.82 Å². The number of nitrogens with two attached hydrogens (primary N) is 1. The van der Waals surface area contributed by atoms with Gasteiger partial charge in [-0.25, -0.2) is 4.39 Å². The minimum absolute atomic E-state index is 0.173. The summed E-state index contributed by atoms with van der Waals surface area (Å²) in [5.74, 6) is -0.192. The van der Waals surface area contributed by atoms with Gasteiger partial charge in [-0.2, -0.15) is 0 Å². The zero-order valence-corrected chi connectivity index (χ0v) is 13.5. The van der Waals surface area contributed by atoms with Crippen LogP contribution >= 0.6 is 0 Å². The van der Waals surface area contributed by atoms with Crippen molar-refractivity contribution in [1.82, 2.24) is 4.90 Å². The summed E-state index contributed by atoms with van der Waals surface area (Å²) in [6.45, 7) is 10.7. The predicted molar refractivity (Wildman–Crippen MR) is 83.8 cm³/mol. The van der Waals surface area contributed by atoms with Crippen LogP contribution < -0.4 is 5.73 Å². The smallest absolute Gasteiger partial charge is 0.123 e. The highest BCUT2D eigenvalue weighted by molar-refractivity contribution is 5.19. The van der Waals surface area contributed by atoms with Gasteiger partial charge in [0.2, 0.25) is 0 Å². The molecule has 0 aromatic heterocycles. The van der Waals surface area contributed by atoms with Gasteiger partial charge in [-0.05, 0) is 51.8 Å². The molecule has 1 aliphatic heterocycles. The fraction of sp³-hybridized carbons (Fsp3) is 0.647. The van der Waals surface area contributed by atoms with Gasteiger partial charge in [-0.1, -0.05) is 12.1 Å². The van der Waals surface area contributed by atoms with Crippen LogP contribution in [0.15, 0.2) is 24.3 Å². The maximum Gasteiger partial charge on any atom is 0.123 e. The SMILES string of the molecule is CC1CN(C(C)(CN)Cc2cccc(F)c2)CC(C)(C)O1. The van der Waals surface area contributed by atoms with E-state index in [0.29, 0.717) is 6.54 Å². The summed E-state index contributed by atoms with van der Waals surface area (Å²) >= 11 is 0. The molecule has 4 heteroatoms. The molecule has 2 atom stereocenters. The molecule has 1 aliphatic rings. The summed E-state index contributed by atoms with van der Waals surface area (Å²) in [4.78, 5) is 2.39. The zero-order valence-electron chi connectivity index (χ0n) is 13.5. The first-order valence-electron chi connectivity index (χ1n) is 7.61. The summed E-state index contributed by atoms with van der Waals surface area (Å²) in [6, 6.07) is 6.80. The average molecular weight is 294 g/mol. The van der Waals surface area contributed by atoms with Crippen molar-refractivity contribution in [2.24, 2.45) is 5.73 Å². The van der Waals surface area contributed by atoms with Crippen molar-refractivity contribution in [2.45, 2.75) is 51.4 Å². The van der Waals surface area contributed by atoms with E-state index in [1.807, 2.05) is 6.07 Å². The molecular weight excluding hydrogens is 267 g/mol. The van der Waals surface area contributed by atoms with Crippen LogP contribution in [-0.4, -0.2) is 41.8 Å². The molecule has 1 aromatic carbocycles. The lowest BCUT2D eigenvalue weighted by Gasteiger charge is -2.50. The van der Waals surface area contributed by atoms with Crippen LogP contribution in [0.5, 0.6) is 0 Å². The molecule has 1 saturated heterocycles. The molecule has 21 heavy (non-hydrogen) atoms. The molecule has 0 radical (unpaired) electrons. The summed E-state index contributed by atoms with van der Waals surface area (Å²) in [5, 5.41) is 0. The van der Waals surface area contributed by atoms with E-state index in [9.17, 15) is 4.39 Å². The van der Waals surface area contributed by atoms with Crippen LogP contribution in [0.25, 0.3) is 0 Å². The summed E-state index contributed by atoms with van der Waals surface area (Å²) < 4.78 is 19.4. The Balaban J connectivity index is 2.20. The minimum atomic E-state index is -0.192. The van der Waals surface area contributed by atoms with Crippen LogP contribution in [-0.2, 0) is 11.2 Å². The lowest BCUT2D eigenvalue weighted by Crippen LogP contribution is -2.62. The van der Waals surface area contributed by atoms with Crippen LogP contribution in [0.3, 0.4) is 0 Å². The Bertz CT molecular complexity index is 491. The van der Waals surface area contributed by atoms with Crippen molar-refractivity contribution in [1.29, 1.82) is 0 Å². The molecule has 0 amide bonds. The zero-order chi connectivity index (χ0) is 15.7. The number of rotatable bonds is 4. The molecule has 1 heterocycles. The third-order valence-electron chi connectivity index (χ3n) is 4.25. The number of morpholine rings is 1. The number of nitrogens with zero attached hydrogens (tertiary/aromatic N) is 1. The topological polar surface area (TPSA) is 38.5 Å². The van der Waals surface area contributed by atoms with Crippen molar-refractivity contribution in [3.8, 4) is 0 Å². The van der Waals surface area contributed by atoms with Gasteiger partial charge >= 0.3 is 0 Å². The molecule has 3 nitrogen and oxygen atoms in total. The Hall–Kier alpha value is -0.970. The monoisotopic (exact) mass is 294 g/mol. The molecule has 118 valence electrons. The van der Waals surface area contributed by atoms with Gasteiger partial charge < -0.3 is 10.5 Å². The molecule has 1 fully saturated rings. The molecule has 0 saturated carbocycles. The van der Waals surface area contributed by atoms with Gasteiger partial charge in [0.25, 0.3) is 0 Å². The van der Waals surface area contributed by atoms with Crippen molar-refractivity contribution in [3.05, 3.63) is 35.6 Å². The van der Waals surface area contributed by atoms with E-state index in [1.165, 1.54) is 6.07 Å². The number of hydrogen-bond donors (Lipinski definition) is 1. The number of ether oxygens (including phenoxy) is 1. The predicted octanol–water partition coefficient (Wildman–Crippen LogP) is 2.58. The van der Waals surface area contributed by atoms with E-state index in [-0.39, 0.29) is 23.1 Å². The Morgan fingerprint density at radius 1 is 1.48 bits per heavy atom. The second-order valence-corrected chi connectivity index (χ2v) is 7.08. The maximum absolute atomic E-state index is 13.4. The Morgan fingerprint density at radius 2 is 2.19 bits per heavy atom. The molecule has 1 aromatic rings. The maximum atomic E-state index is 13.4. The normalized spacial score (nSPS) is 25.5. The third kappa shape index (κ3) is 4.02. The lowest BCUT2D eigenvalue weighted by molar-refractivity contribution is -0.150. The van der Waals surface area contributed by atoms with Crippen molar-refractivity contribution in [3.63, 3.8) is 0 Å². The first-order chi connectivity index (χ1) is 9.74. The molecule has 0 spiro atoms. The first-order valence-corrected chi connectivity index (χ1v) is 7.61. The second-order valence-electron chi connectivity index (χ2n) is 7.08. The second kappa shape index (κ2) is 6.03. The van der Waals surface area contributed by atoms with Gasteiger partial charge in [0.05, 0.1) is 11.7 Å². The van der Waals surface area contributed by atoms with E-state index < -0.39 is 0 Å². The highest BCUT2D eigenvalue weighted by Gasteiger charge is 2.40. The Kier molecular flexibility index (Phi) is 4.71. The Morgan fingerprint density at radius 3 is 2.76 bits per heavy atom. The minimum Gasteiger partial charge on any atom is -0.370 e. The molecule has 0 bridgehead atoms. The van der Waals surface area contributed by atoms with Crippen LogP contribution in [0.2, 0.25) is 0 Å². The fourth-order valence-corrected chi connectivity index (χ4v) is 3.26. The van der Waals surface area contributed by atoms with Crippen molar-refractivity contribution >= 4 is 0 Å². The molecule has 2 N–H and O–H groups in total. The number of halogens is 1. The van der Waals surface area contributed by atoms with Gasteiger partial charge in [0, 0.05) is 25.2 Å². The largest absolute Gasteiger partial charge is 0.370 e. The van der Waals surface area contributed by atoms with Crippen LogP contribution in [0.4, 0.5) is 4.39 Å². The van der Waals surface area contributed by atoms with E-state index in [2.05, 4.69) is 32.6 Å². The third-order valence-corrected chi connectivity index (χ3v) is 4.25. The number of benzene rings is 1.